The lowest BCUT2D eigenvalue weighted by molar-refractivity contribution is -0.142. The van der Waals surface area contributed by atoms with Crippen LogP contribution in [0.5, 0.6) is 0 Å². The van der Waals surface area contributed by atoms with Crippen molar-refractivity contribution in [2.24, 2.45) is 11.8 Å². The van der Waals surface area contributed by atoms with Crippen molar-refractivity contribution in [2.75, 3.05) is 20.8 Å². The number of nitrogens with one attached hydrogen (secondary N) is 4. The van der Waals surface area contributed by atoms with Gasteiger partial charge in [-0.15, -0.1) is 12.8 Å². The first-order valence-electron chi connectivity index (χ1n) is 26.1. The number of amides is 4. The number of aromatic amines is 2. The number of fused-ring (bicyclic) bond motifs is 1. The third kappa shape index (κ3) is 11.9. The van der Waals surface area contributed by atoms with Crippen LogP contribution >= 0.6 is 0 Å². The molecule has 16 heteroatoms. The zero-order valence-corrected chi connectivity index (χ0v) is 44.0. The lowest BCUT2D eigenvalue weighted by Gasteiger charge is -2.41. The van der Waals surface area contributed by atoms with E-state index in [4.69, 9.17) is 41.8 Å². The molecule has 0 spiro atoms. The predicted octanol–water partition coefficient (Wildman–Crippen LogP) is 9.08. The number of ether oxygens (including phenoxy) is 4. The molecule has 3 aliphatic rings. The number of aromatic nitrogens is 4. The molecule has 4 amide bonds. The van der Waals surface area contributed by atoms with Crippen molar-refractivity contribution in [1.29, 1.82) is 0 Å². The summed E-state index contributed by atoms with van der Waals surface area (Å²) in [6, 6.07) is 8.76. The van der Waals surface area contributed by atoms with Crippen molar-refractivity contribution in [3.8, 4) is 58.3 Å². The van der Waals surface area contributed by atoms with Gasteiger partial charge in [0.2, 0.25) is 11.8 Å². The third-order valence-electron chi connectivity index (χ3n) is 15.2. The summed E-state index contributed by atoms with van der Waals surface area (Å²) in [4.78, 5) is 74.8. The minimum atomic E-state index is -0.872. The van der Waals surface area contributed by atoms with Crippen LogP contribution in [0.3, 0.4) is 0 Å². The smallest absolute Gasteiger partial charge is 0.407 e. The van der Waals surface area contributed by atoms with Crippen LogP contribution in [0.2, 0.25) is 0 Å². The lowest BCUT2D eigenvalue weighted by Crippen LogP contribution is -2.57. The summed E-state index contributed by atoms with van der Waals surface area (Å²) in [6.45, 7) is 14.2. The van der Waals surface area contributed by atoms with E-state index in [0.29, 0.717) is 56.8 Å². The average Bonchev–Trinajstić information content (AvgIpc) is 4.22. The highest BCUT2D eigenvalue weighted by molar-refractivity contribution is 5.88. The Morgan fingerprint density at radius 2 is 1.23 bits per heavy atom. The van der Waals surface area contributed by atoms with Gasteiger partial charge in [0.05, 0.1) is 80.5 Å². The molecule has 2 fully saturated rings. The number of hydrogen-bond donors (Lipinski definition) is 4. The van der Waals surface area contributed by atoms with Crippen LogP contribution in [-0.2, 0) is 41.4 Å². The molecule has 0 radical (unpaired) electrons. The van der Waals surface area contributed by atoms with E-state index >= 15 is 0 Å². The SMILES string of the molecule is C#CC(CC)N(C(=O)C(NC(=O)OC)C1CCOC(C)C1)C(C)c1ncc(-c2ccc(-c3ccc(-c4cnc(C(C)N(C(=O)C(NC(=O)OC)C5CC(C)OC(CC)C5)C(C#C)CC)[nH]4)c4c3CCC4)cc2)[nH]1. The number of hydrogen-bond acceptors (Lipinski definition) is 10. The molecule has 4 N–H and O–H groups in total. The predicted molar refractivity (Wildman–Crippen MR) is 280 cm³/mol. The van der Waals surface area contributed by atoms with E-state index in [1.54, 1.807) is 16.0 Å². The summed E-state index contributed by atoms with van der Waals surface area (Å²) in [5.74, 6) is 5.88. The van der Waals surface area contributed by atoms with Gasteiger partial charge in [-0.05, 0) is 132 Å². The molecule has 73 heavy (non-hydrogen) atoms. The van der Waals surface area contributed by atoms with E-state index in [9.17, 15) is 19.2 Å². The van der Waals surface area contributed by atoms with Crippen LogP contribution in [0.1, 0.15) is 135 Å². The minimum absolute atomic E-state index is 0.0345. The summed E-state index contributed by atoms with van der Waals surface area (Å²) >= 11 is 0. The zero-order valence-electron chi connectivity index (χ0n) is 44.0. The summed E-state index contributed by atoms with van der Waals surface area (Å²) in [5.41, 5.74) is 8.40. The van der Waals surface area contributed by atoms with Crippen molar-refractivity contribution >= 4 is 24.0 Å². The molecule has 2 saturated heterocycles. The third-order valence-corrected chi connectivity index (χ3v) is 15.2. The second-order valence-corrected chi connectivity index (χ2v) is 19.8. The van der Waals surface area contributed by atoms with Gasteiger partial charge < -0.3 is 49.3 Å². The van der Waals surface area contributed by atoms with Gasteiger partial charge in [0.15, 0.2) is 0 Å². The highest BCUT2D eigenvalue weighted by Gasteiger charge is 2.43. The summed E-state index contributed by atoms with van der Waals surface area (Å²) in [5, 5.41) is 5.69. The van der Waals surface area contributed by atoms with Crippen molar-refractivity contribution in [3.63, 3.8) is 0 Å². The number of carbonyl (C=O) groups excluding carboxylic acids is 4. The van der Waals surface area contributed by atoms with E-state index in [0.717, 1.165) is 59.3 Å². The van der Waals surface area contributed by atoms with Gasteiger partial charge in [-0.1, -0.05) is 69.0 Å². The molecular weight excluding hydrogens is 925 g/mol. The molecular formula is C57H74N8O8. The molecule has 16 nitrogen and oxygen atoms in total. The van der Waals surface area contributed by atoms with Gasteiger partial charge in [-0.25, -0.2) is 19.6 Å². The Labute approximate surface area is 430 Å². The number of carbonyl (C=O) groups is 4. The number of methoxy groups -OCH3 is 2. The average molecular weight is 999 g/mol. The maximum absolute atomic E-state index is 14.8. The minimum Gasteiger partial charge on any atom is -0.453 e. The number of terminal acetylenes is 2. The largest absolute Gasteiger partial charge is 0.453 e. The second-order valence-electron chi connectivity index (χ2n) is 19.8. The van der Waals surface area contributed by atoms with E-state index in [1.165, 1.54) is 25.3 Å². The van der Waals surface area contributed by atoms with E-state index in [-0.39, 0.29) is 42.0 Å². The fourth-order valence-electron chi connectivity index (χ4n) is 11.3. The Hall–Kier alpha value is -6.62. The van der Waals surface area contributed by atoms with Crippen molar-refractivity contribution in [1.82, 2.24) is 40.4 Å². The quantitative estimate of drug-likeness (QED) is 0.0699. The first-order chi connectivity index (χ1) is 35.2. The molecule has 390 valence electrons. The van der Waals surface area contributed by atoms with Crippen LogP contribution < -0.4 is 10.6 Å². The molecule has 2 aromatic heterocycles. The Balaban J connectivity index is 1.11. The highest BCUT2D eigenvalue weighted by Crippen LogP contribution is 2.40. The number of rotatable bonds is 18. The normalized spacial score (nSPS) is 21.9. The van der Waals surface area contributed by atoms with Crippen LogP contribution in [-0.4, -0.2) is 117 Å². The topological polar surface area (TPSA) is 193 Å². The van der Waals surface area contributed by atoms with E-state index in [1.807, 2.05) is 47.7 Å². The summed E-state index contributed by atoms with van der Waals surface area (Å²) < 4.78 is 21.9. The lowest BCUT2D eigenvalue weighted by atomic mass is 9.84. The number of nitrogens with zero attached hydrogens (tertiary/aromatic N) is 4. The van der Waals surface area contributed by atoms with E-state index in [2.05, 4.69) is 75.8 Å². The van der Waals surface area contributed by atoms with Crippen LogP contribution in [0.15, 0.2) is 48.8 Å². The fourth-order valence-corrected chi connectivity index (χ4v) is 11.3. The molecule has 0 saturated carbocycles. The Morgan fingerprint density at radius 1 is 0.726 bits per heavy atom. The summed E-state index contributed by atoms with van der Waals surface area (Å²) in [7, 11) is 2.58. The first-order valence-corrected chi connectivity index (χ1v) is 26.1. The molecule has 2 aromatic carbocycles. The monoisotopic (exact) mass is 999 g/mol. The molecule has 11 atom stereocenters. The zero-order chi connectivity index (χ0) is 52.5. The molecule has 4 aromatic rings. The molecule has 0 bridgehead atoms. The maximum atomic E-state index is 14.8. The van der Waals surface area contributed by atoms with Crippen molar-refractivity contribution < 1.29 is 38.1 Å². The fraction of sp³-hybridized carbons (Fsp3) is 0.544. The number of imidazole rings is 2. The number of H-pyrrole nitrogens is 2. The molecule has 11 unspecified atom stereocenters. The Bertz CT molecular complexity index is 2650. The van der Waals surface area contributed by atoms with Crippen LogP contribution in [0, 0.1) is 36.5 Å². The van der Waals surface area contributed by atoms with Gasteiger partial charge in [-0.2, -0.15) is 0 Å². The number of benzene rings is 2. The Morgan fingerprint density at radius 3 is 1.77 bits per heavy atom. The summed E-state index contributed by atoms with van der Waals surface area (Å²) in [6.07, 6.45) is 21.3. The van der Waals surface area contributed by atoms with Gasteiger partial charge in [-0.3, -0.25) is 9.59 Å². The standard InChI is InChI=1S/C57H74N8O8/c1-12-41(13-2)64(54(66)50(62-56(68)70-10)39-26-27-72-33(6)28-39)35(8)52-58-31-48(60-52)38-22-20-37(21-23-38)44-24-25-47(46-19-17-18-45(44)46)49-32-59-53(61-49)36(9)65(42(14-3)15-4)55(67)51(63-57(69)71-11)40-29-34(7)73-43(16-5)30-40/h1,3,20-25,31-36,39-43,50-51H,13,15-19,26-30H2,2,4-11H3,(H,58,60)(H,59,61)(H,62,68)(H,63,69). The molecule has 2 aliphatic heterocycles. The molecule has 4 heterocycles. The molecule has 1 aliphatic carbocycles. The van der Waals surface area contributed by atoms with E-state index < -0.39 is 48.4 Å². The van der Waals surface area contributed by atoms with Gasteiger partial charge >= 0.3 is 12.2 Å². The van der Waals surface area contributed by atoms with Gasteiger partial charge in [0, 0.05) is 12.2 Å². The van der Waals surface area contributed by atoms with Crippen LogP contribution in [0.4, 0.5) is 9.59 Å². The van der Waals surface area contributed by atoms with Crippen molar-refractivity contribution in [3.05, 3.63) is 71.6 Å². The van der Waals surface area contributed by atoms with Crippen molar-refractivity contribution in [2.45, 2.75) is 167 Å². The Kier molecular flexibility index (Phi) is 18.1. The van der Waals surface area contributed by atoms with Gasteiger partial charge in [0.25, 0.3) is 0 Å². The second kappa shape index (κ2) is 24.4. The highest BCUT2D eigenvalue weighted by atomic mass is 16.5. The maximum Gasteiger partial charge on any atom is 0.407 e. The van der Waals surface area contributed by atoms with Gasteiger partial charge in [0.1, 0.15) is 23.7 Å². The first kappa shape index (κ1) is 54.2. The molecule has 7 rings (SSSR count). The number of alkyl carbamates (subject to hydrolysis) is 2. The van der Waals surface area contributed by atoms with Crippen LogP contribution in [0.25, 0.3) is 33.6 Å².